The Morgan fingerprint density at radius 2 is 1.90 bits per heavy atom. The zero-order valence-electron chi connectivity index (χ0n) is 12.8. The fourth-order valence-electron chi connectivity index (χ4n) is 2.61. The van der Waals surface area contributed by atoms with Crippen molar-refractivity contribution in [3.05, 3.63) is 51.8 Å². The Kier molecular flexibility index (Phi) is 6.00. The molecule has 0 aliphatic carbocycles. The second kappa shape index (κ2) is 7.76. The molecule has 0 bridgehead atoms. The second-order valence-electron chi connectivity index (χ2n) is 5.43. The first-order chi connectivity index (χ1) is 10.2. The number of hydrogen-bond acceptors (Lipinski definition) is 2. The maximum absolute atomic E-state index is 5.99. The van der Waals surface area contributed by atoms with Crippen LogP contribution in [0.1, 0.15) is 30.8 Å². The molecule has 3 nitrogen and oxygen atoms in total. The number of aromatic nitrogens is 2. The van der Waals surface area contributed by atoms with E-state index in [2.05, 4.69) is 69.9 Å². The quantitative estimate of drug-likeness (QED) is 0.829. The van der Waals surface area contributed by atoms with Gasteiger partial charge in [-0.05, 0) is 62.4 Å². The van der Waals surface area contributed by atoms with Crippen molar-refractivity contribution in [3.63, 3.8) is 0 Å². The van der Waals surface area contributed by atoms with E-state index in [1.807, 2.05) is 0 Å². The van der Waals surface area contributed by atoms with Crippen molar-refractivity contribution in [1.29, 1.82) is 0 Å². The number of nitrogens with two attached hydrogens (primary N) is 1. The molecule has 0 saturated carbocycles. The van der Waals surface area contributed by atoms with E-state index in [1.165, 1.54) is 17.0 Å². The maximum atomic E-state index is 5.99. The molecule has 21 heavy (non-hydrogen) atoms. The maximum Gasteiger partial charge on any atom is 0.0624 e. The van der Waals surface area contributed by atoms with Crippen molar-refractivity contribution in [2.45, 2.75) is 39.7 Å². The van der Waals surface area contributed by atoms with E-state index in [1.54, 1.807) is 0 Å². The fourth-order valence-corrected chi connectivity index (χ4v) is 2.88. The zero-order chi connectivity index (χ0) is 15.2. The summed E-state index contributed by atoms with van der Waals surface area (Å²) >= 11 is 3.48. The van der Waals surface area contributed by atoms with Crippen LogP contribution in [0.3, 0.4) is 0 Å². The van der Waals surface area contributed by atoms with Crippen molar-refractivity contribution >= 4 is 15.9 Å². The van der Waals surface area contributed by atoms with Crippen LogP contribution in [-0.2, 0) is 25.8 Å². The van der Waals surface area contributed by atoms with Gasteiger partial charge >= 0.3 is 0 Å². The third kappa shape index (κ3) is 4.42. The van der Waals surface area contributed by atoms with Crippen LogP contribution in [0, 0.1) is 5.92 Å². The predicted molar refractivity (Wildman–Crippen MR) is 91.4 cm³/mol. The lowest BCUT2D eigenvalue weighted by atomic mass is 9.94. The first kappa shape index (κ1) is 16.2. The smallest absolute Gasteiger partial charge is 0.0624 e. The molecular weight excluding hydrogens is 326 g/mol. The highest BCUT2D eigenvalue weighted by atomic mass is 79.9. The highest BCUT2D eigenvalue weighted by Gasteiger charge is 2.13. The van der Waals surface area contributed by atoms with E-state index in [4.69, 9.17) is 5.73 Å². The lowest BCUT2D eigenvalue weighted by molar-refractivity contribution is 0.499. The minimum absolute atomic E-state index is 0.456. The van der Waals surface area contributed by atoms with Crippen LogP contribution in [0.15, 0.2) is 34.8 Å². The summed E-state index contributed by atoms with van der Waals surface area (Å²) in [7, 11) is 0. The van der Waals surface area contributed by atoms with E-state index in [0.717, 1.165) is 30.3 Å². The molecule has 1 heterocycles. The number of aryl methyl sites for hydroxylation is 2. The van der Waals surface area contributed by atoms with Gasteiger partial charge in [0.1, 0.15) is 0 Å². The van der Waals surface area contributed by atoms with E-state index in [9.17, 15) is 0 Å². The summed E-state index contributed by atoms with van der Waals surface area (Å²) in [6.07, 6.45) is 2.99. The molecule has 0 fully saturated rings. The van der Waals surface area contributed by atoms with Crippen LogP contribution >= 0.6 is 15.9 Å². The second-order valence-corrected chi connectivity index (χ2v) is 6.35. The average Bonchev–Trinajstić information content (AvgIpc) is 2.91. The lowest BCUT2D eigenvalue weighted by Crippen LogP contribution is -2.21. The Balaban J connectivity index is 2.08. The molecule has 0 aliphatic heterocycles. The average molecular weight is 350 g/mol. The van der Waals surface area contributed by atoms with Crippen molar-refractivity contribution < 1.29 is 0 Å². The summed E-state index contributed by atoms with van der Waals surface area (Å²) in [5.41, 5.74) is 9.81. The van der Waals surface area contributed by atoms with Crippen molar-refractivity contribution in [1.82, 2.24) is 9.78 Å². The van der Waals surface area contributed by atoms with Gasteiger partial charge < -0.3 is 5.73 Å². The van der Waals surface area contributed by atoms with Crippen LogP contribution in [0.25, 0.3) is 0 Å². The summed E-state index contributed by atoms with van der Waals surface area (Å²) in [6, 6.07) is 10.7. The zero-order valence-corrected chi connectivity index (χ0v) is 14.4. The lowest BCUT2D eigenvalue weighted by Gasteiger charge is -2.15. The summed E-state index contributed by atoms with van der Waals surface area (Å²) in [5, 5.41) is 4.62. The summed E-state index contributed by atoms with van der Waals surface area (Å²) in [4.78, 5) is 0. The molecule has 0 amide bonds. The monoisotopic (exact) mass is 349 g/mol. The summed E-state index contributed by atoms with van der Waals surface area (Å²) in [6.45, 7) is 5.91. The molecule has 4 heteroatoms. The van der Waals surface area contributed by atoms with Crippen LogP contribution in [0.5, 0.6) is 0 Å². The van der Waals surface area contributed by atoms with E-state index < -0.39 is 0 Å². The first-order valence-electron chi connectivity index (χ1n) is 7.66. The van der Waals surface area contributed by atoms with Gasteiger partial charge in [0, 0.05) is 16.7 Å². The van der Waals surface area contributed by atoms with Gasteiger partial charge in [-0.2, -0.15) is 5.10 Å². The van der Waals surface area contributed by atoms with Crippen LogP contribution < -0.4 is 5.73 Å². The molecule has 1 aromatic carbocycles. The number of rotatable bonds is 7. The molecule has 2 N–H and O–H groups in total. The topological polar surface area (TPSA) is 43.8 Å². The van der Waals surface area contributed by atoms with Gasteiger partial charge in [0.2, 0.25) is 0 Å². The number of nitrogens with zero attached hydrogens (tertiary/aromatic N) is 2. The largest absolute Gasteiger partial charge is 0.330 e. The third-order valence-electron chi connectivity index (χ3n) is 3.84. The van der Waals surface area contributed by atoms with Crippen LogP contribution in [-0.4, -0.2) is 16.3 Å². The molecule has 0 spiro atoms. The molecule has 0 aliphatic rings. The van der Waals surface area contributed by atoms with Gasteiger partial charge in [-0.25, -0.2) is 0 Å². The van der Waals surface area contributed by atoms with Gasteiger partial charge in [-0.3, -0.25) is 4.68 Å². The molecule has 114 valence electrons. The molecular formula is C17H24BrN3. The minimum Gasteiger partial charge on any atom is -0.330 e. The van der Waals surface area contributed by atoms with Gasteiger partial charge in [-0.15, -0.1) is 0 Å². The van der Waals surface area contributed by atoms with Crippen molar-refractivity contribution in [2.75, 3.05) is 6.54 Å². The van der Waals surface area contributed by atoms with E-state index in [0.29, 0.717) is 12.5 Å². The van der Waals surface area contributed by atoms with Crippen LogP contribution in [0.4, 0.5) is 0 Å². The van der Waals surface area contributed by atoms with Gasteiger partial charge in [0.25, 0.3) is 0 Å². The number of benzene rings is 1. The molecule has 1 atom stereocenters. The summed E-state index contributed by atoms with van der Waals surface area (Å²) in [5.74, 6) is 0.456. The SMILES string of the molecule is CCc1cc(CC(CN)Cc2ccc(Br)cc2)n(CC)n1. The van der Waals surface area contributed by atoms with E-state index in [-0.39, 0.29) is 0 Å². The summed E-state index contributed by atoms with van der Waals surface area (Å²) < 4.78 is 3.23. The molecule has 2 aromatic rings. The molecule has 1 unspecified atom stereocenters. The number of halogens is 1. The highest BCUT2D eigenvalue weighted by molar-refractivity contribution is 9.10. The van der Waals surface area contributed by atoms with Gasteiger partial charge in [0.15, 0.2) is 0 Å². The molecule has 1 aromatic heterocycles. The molecule has 0 saturated heterocycles. The van der Waals surface area contributed by atoms with E-state index >= 15 is 0 Å². The van der Waals surface area contributed by atoms with Gasteiger partial charge in [-0.1, -0.05) is 35.0 Å². The Morgan fingerprint density at radius 1 is 1.19 bits per heavy atom. The Hall–Kier alpha value is -1.13. The third-order valence-corrected chi connectivity index (χ3v) is 4.37. The Morgan fingerprint density at radius 3 is 2.48 bits per heavy atom. The normalized spacial score (nSPS) is 12.6. The molecule has 2 rings (SSSR count). The number of hydrogen-bond donors (Lipinski definition) is 1. The first-order valence-corrected chi connectivity index (χ1v) is 8.45. The Labute approximate surface area is 135 Å². The standard InChI is InChI=1S/C17H24BrN3/c1-3-16-11-17(21(4-2)20-16)10-14(12-19)9-13-5-7-15(18)8-6-13/h5-8,11,14H,3-4,9-10,12,19H2,1-2H3. The van der Waals surface area contributed by atoms with Crippen LogP contribution in [0.2, 0.25) is 0 Å². The highest BCUT2D eigenvalue weighted by Crippen LogP contribution is 2.17. The minimum atomic E-state index is 0.456. The predicted octanol–water partition coefficient (Wildman–Crippen LogP) is 3.59. The van der Waals surface area contributed by atoms with Gasteiger partial charge in [0.05, 0.1) is 5.69 Å². The molecule has 0 radical (unpaired) electrons. The Bertz CT molecular complexity index is 560. The van der Waals surface area contributed by atoms with Crippen molar-refractivity contribution in [2.24, 2.45) is 11.7 Å². The fraction of sp³-hybridized carbons (Fsp3) is 0.471. The van der Waals surface area contributed by atoms with Crippen molar-refractivity contribution in [3.8, 4) is 0 Å².